The van der Waals surface area contributed by atoms with E-state index in [9.17, 15) is 0 Å². The zero-order valence-corrected chi connectivity index (χ0v) is 12.8. The Labute approximate surface area is 123 Å². The molecule has 0 aromatic heterocycles. The first-order valence-corrected chi connectivity index (χ1v) is 7.80. The summed E-state index contributed by atoms with van der Waals surface area (Å²) in [4.78, 5) is 2.58. The first-order valence-electron chi connectivity index (χ1n) is 7.80. The highest BCUT2D eigenvalue weighted by atomic mass is 16.5. The number of nitrogens with one attached hydrogen (secondary N) is 1. The molecular formula is C17H28N2O. The summed E-state index contributed by atoms with van der Waals surface area (Å²) < 4.78 is 5.29. The molecule has 1 heterocycles. The van der Waals surface area contributed by atoms with E-state index in [1.165, 1.54) is 38.0 Å². The molecule has 1 unspecified atom stereocenters. The highest BCUT2D eigenvalue weighted by Crippen LogP contribution is 2.23. The normalized spacial score (nSPS) is 18.4. The smallest absolute Gasteiger partial charge is 0.0589 e. The zero-order valence-electron chi connectivity index (χ0n) is 12.8. The summed E-state index contributed by atoms with van der Waals surface area (Å²) in [5.41, 5.74) is 1.40. The van der Waals surface area contributed by atoms with Crippen molar-refractivity contribution < 1.29 is 4.74 Å². The molecule has 1 saturated heterocycles. The van der Waals surface area contributed by atoms with E-state index in [0.717, 1.165) is 19.1 Å². The number of piperidine rings is 1. The van der Waals surface area contributed by atoms with E-state index in [1.54, 1.807) is 7.11 Å². The van der Waals surface area contributed by atoms with Crippen LogP contribution in [0.15, 0.2) is 30.3 Å². The van der Waals surface area contributed by atoms with Crippen molar-refractivity contribution in [2.75, 3.05) is 39.9 Å². The van der Waals surface area contributed by atoms with Crippen LogP contribution < -0.4 is 5.32 Å². The van der Waals surface area contributed by atoms with Crippen LogP contribution in [0, 0.1) is 5.92 Å². The number of hydrogen-bond donors (Lipinski definition) is 1. The number of rotatable bonds is 7. The van der Waals surface area contributed by atoms with Crippen molar-refractivity contribution in [2.45, 2.75) is 25.8 Å². The molecule has 0 amide bonds. The fourth-order valence-electron chi connectivity index (χ4n) is 2.99. The van der Waals surface area contributed by atoms with Gasteiger partial charge in [0.25, 0.3) is 0 Å². The monoisotopic (exact) mass is 276 g/mol. The standard InChI is InChI=1S/C17H28N2O/c1-15(17-6-4-3-5-7-17)19(12-13-20-2)14-16-8-10-18-11-9-16/h3-7,15-16,18H,8-14H2,1-2H3. The third kappa shape index (κ3) is 4.58. The molecule has 1 aromatic rings. The molecule has 112 valence electrons. The Bertz CT molecular complexity index is 363. The third-order valence-corrected chi connectivity index (χ3v) is 4.36. The lowest BCUT2D eigenvalue weighted by Crippen LogP contribution is -2.38. The van der Waals surface area contributed by atoms with Gasteiger partial charge in [0, 0.05) is 26.2 Å². The number of methoxy groups -OCH3 is 1. The van der Waals surface area contributed by atoms with Crippen LogP contribution in [-0.2, 0) is 4.74 Å². The van der Waals surface area contributed by atoms with Crippen LogP contribution in [0.5, 0.6) is 0 Å². The van der Waals surface area contributed by atoms with Crippen LogP contribution in [0.2, 0.25) is 0 Å². The minimum Gasteiger partial charge on any atom is -0.383 e. The maximum Gasteiger partial charge on any atom is 0.0589 e. The number of hydrogen-bond acceptors (Lipinski definition) is 3. The Morgan fingerprint density at radius 2 is 1.95 bits per heavy atom. The Kier molecular flexibility index (Phi) is 6.51. The molecule has 1 N–H and O–H groups in total. The van der Waals surface area contributed by atoms with Gasteiger partial charge in [-0.25, -0.2) is 0 Å². The maximum absolute atomic E-state index is 5.29. The van der Waals surface area contributed by atoms with Gasteiger partial charge in [-0.15, -0.1) is 0 Å². The molecule has 1 fully saturated rings. The molecule has 2 rings (SSSR count). The van der Waals surface area contributed by atoms with Gasteiger partial charge in [0.2, 0.25) is 0 Å². The van der Waals surface area contributed by atoms with Crippen LogP contribution in [0.4, 0.5) is 0 Å². The van der Waals surface area contributed by atoms with E-state index in [2.05, 4.69) is 47.5 Å². The predicted octanol–water partition coefficient (Wildman–Crippen LogP) is 2.70. The van der Waals surface area contributed by atoms with Crippen LogP contribution in [0.1, 0.15) is 31.4 Å². The summed E-state index contributed by atoms with van der Waals surface area (Å²) in [5.74, 6) is 0.819. The average Bonchev–Trinajstić information content (AvgIpc) is 2.52. The van der Waals surface area contributed by atoms with Crippen molar-refractivity contribution in [3.63, 3.8) is 0 Å². The van der Waals surface area contributed by atoms with E-state index in [4.69, 9.17) is 4.74 Å². The summed E-state index contributed by atoms with van der Waals surface area (Å²) in [6.07, 6.45) is 2.59. The summed E-state index contributed by atoms with van der Waals surface area (Å²) in [6.45, 7) is 7.65. The van der Waals surface area contributed by atoms with Crippen molar-refractivity contribution >= 4 is 0 Å². The van der Waals surface area contributed by atoms with Crippen molar-refractivity contribution in [3.05, 3.63) is 35.9 Å². The molecule has 1 aliphatic rings. The van der Waals surface area contributed by atoms with Crippen molar-refractivity contribution in [3.8, 4) is 0 Å². The molecule has 0 saturated carbocycles. The largest absolute Gasteiger partial charge is 0.383 e. The van der Waals surface area contributed by atoms with E-state index in [0.29, 0.717) is 6.04 Å². The number of ether oxygens (including phenoxy) is 1. The second kappa shape index (κ2) is 8.40. The lowest BCUT2D eigenvalue weighted by atomic mass is 9.96. The third-order valence-electron chi connectivity index (χ3n) is 4.36. The lowest BCUT2D eigenvalue weighted by Gasteiger charge is -2.34. The molecule has 0 radical (unpaired) electrons. The summed E-state index contributed by atoms with van der Waals surface area (Å²) in [5, 5.41) is 3.45. The van der Waals surface area contributed by atoms with Gasteiger partial charge in [-0.05, 0) is 44.3 Å². The lowest BCUT2D eigenvalue weighted by molar-refractivity contribution is 0.105. The van der Waals surface area contributed by atoms with Gasteiger partial charge in [-0.1, -0.05) is 30.3 Å². The Morgan fingerprint density at radius 1 is 1.25 bits per heavy atom. The Balaban J connectivity index is 1.98. The second-order valence-electron chi connectivity index (χ2n) is 5.77. The van der Waals surface area contributed by atoms with E-state index in [-0.39, 0.29) is 0 Å². The van der Waals surface area contributed by atoms with Gasteiger partial charge in [-0.3, -0.25) is 4.90 Å². The molecule has 1 atom stereocenters. The predicted molar refractivity (Wildman–Crippen MR) is 83.9 cm³/mol. The van der Waals surface area contributed by atoms with E-state index >= 15 is 0 Å². The summed E-state index contributed by atoms with van der Waals surface area (Å²) >= 11 is 0. The Hall–Kier alpha value is -0.900. The molecule has 1 aromatic carbocycles. The highest BCUT2D eigenvalue weighted by Gasteiger charge is 2.21. The molecule has 3 heteroatoms. The van der Waals surface area contributed by atoms with Gasteiger partial charge in [0.05, 0.1) is 6.61 Å². The average molecular weight is 276 g/mol. The topological polar surface area (TPSA) is 24.5 Å². The van der Waals surface area contributed by atoms with Gasteiger partial charge >= 0.3 is 0 Å². The fraction of sp³-hybridized carbons (Fsp3) is 0.647. The molecule has 1 aliphatic heterocycles. The van der Waals surface area contributed by atoms with Gasteiger partial charge in [-0.2, -0.15) is 0 Å². The van der Waals surface area contributed by atoms with Crippen molar-refractivity contribution in [1.29, 1.82) is 0 Å². The van der Waals surface area contributed by atoms with Gasteiger partial charge < -0.3 is 10.1 Å². The molecule has 0 aliphatic carbocycles. The SMILES string of the molecule is COCCN(CC1CCNCC1)C(C)c1ccccc1. The minimum absolute atomic E-state index is 0.459. The summed E-state index contributed by atoms with van der Waals surface area (Å²) in [7, 11) is 1.79. The van der Waals surface area contributed by atoms with Crippen molar-refractivity contribution in [2.24, 2.45) is 5.92 Å². The zero-order chi connectivity index (χ0) is 14.2. The molecular weight excluding hydrogens is 248 g/mol. The number of benzene rings is 1. The molecule has 0 bridgehead atoms. The molecule has 20 heavy (non-hydrogen) atoms. The molecule has 3 nitrogen and oxygen atoms in total. The highest BCUT2D eigenvalue weighted by molar-refractivity contribution is 5.18. The number of nitrogens with zero attached hydrogens (tertiary/aromatic N) is 1. The van der Waals surface area contributed by atoms with Gasteiger partial charge in [0.1, 0.15) is 0 Å². The maximum atomic E-state index is 5.29. The van der Waals surface area contributed by atoms with Crippen LogP contribution in [-0.4, -0.2) is 44.8 Å². The Morgan fingerprint density at radius 3 is 2.60 bits per heavy atom. The van der Waals surface area contributed by atoms with E-state index in [1.807, 2.05) is 0 Å². The van der Waals surface area contributed by atoms with E-state index < -0.39 is 0 Å². The van der Waals surface area contributed by atoms with Crippen LogP contribution >= 0.6 is 0 Å². The summed E-state index contributed by atoms with van der Waals surface area (Å²) in [6, 6.07) is 11.3. The fourth-order valence-corrected chi connectivity index (χ4v) is 2.99. The quantitative estimate of drug-likeness (QED) is 0.828. The molecule has 0 spiro atoms. The first kappa shape index (κ1) is 15.5. The van der Waals surface area contributed by atoms with Gasteiger partial charge in [0.15, 0.2) is 0 Å². The minimum atomic E-state index is 0.459. The second-order valence-corrected chi connectivity index (χ2v) is 5.77. The van der Waals surface area contributed by atoms with Crippen LogP contribution in [0.3, 0.4) is 0 Å². The van der Waals surface area contributed by atoms with Crippen molar-refractivity contribution in [1.82, 2.24) is 10.2 Å². The van der Waals surface area contributed by atoms with Crippen LogP contribution in [0.25, 0.3) is 0 Å². The first-order chi connectivity index (χ1) is 9.81.